The van der Waals surface area contributed by atoms with Crippen LogP contribution in [-0.2, 0) is 0 Å². The summed E-state index contributed by atoms with van der Waals surface area (Å²) in [6, 6.07) is 5.44. The number of benzene rings is 1. The molecule has 1 aromatic rings. The predicted octanol–water partition coefficient (Wildman–Crippen LogP) is 1.16. The van der Waals surface area contributed by atoms with Crippen LogP contribution >= 0.6 is 0 Å². The summed E-state index contributed by atoms with van der Waals surface area (Å²) in [5.74, 6) is 0.862. The summed E-state index contributed by atoms with van der Waals surface area (Å²) in [7, 11) is 1.77. The smallest absolute Gasteiger partial charge is 0.186 e. The fourth-order valence-corrected chi connectivity index (χ4v) is 1.68. The molecule has 0 saturated heterocycles. The maximum atomic E-state index is 11.9. The largest absolute Gasteiger partial charge is 0.490 e. The number of carbonyl (C=O) groups is 1. The summed E-state index contributed by atoms with van der Waals surface area (Å²) in [6.07, 6.45) is 0. The van der Waals surface area contributed by atoms with E-state index < -0.39 is 0 Å². The van der Waals surface area contributed by atoms with Gasteiger partial charge in [-0.2, -0.15) is 0 Å². The van der Waals surface area contributed by atoms with Gasteiger partial charge in [0.15, 0.2) is 5.78 Å². The van der Waals surface area contributed by atoms with Crippen molar-refractivity contribution in [1.82, 2.24) is 5.32 Å². The van der Waals surface area contributed by atoms with Gasteiger partial charge < -0.3 is 10.1 Å². The van der Waals surface area contributed by atoms with E-state index in [1.165, 1.54) is 0 Å². The number of ketones is 1. The van der Waals surface area contributed by atoms with Crippen LogP contribution in [0.5, 0.6) is 5.75 Å². The third-order valence-corrected chi connectivity index (χ3v) is 2.54. The SMILES string of the molecule is CNC1COc2c(C)cccc2C1=O. The molecule has 0 radical (unpaired) electrons. The van der Waals surface area contributed by atoms with Gasteiger partial charge in [-0.15, -0.1) is 0 Å². The second kappa shape index (κ2) is 3.42. The van der Waals surface area contributed by atoms with E-state index in [9.17, 15) is 4.79 Å². The molecular formula is C11H13NO2. The van der Waals surface area contributed by atoms with Gasteiger partial charge in [0.1, 0.15) is 18.4 Å². The number of hydrogen-bond acceptors (Lipinski definition) is 3. The molecule has 0 saturated carbocycles. The van der Waals surface area contributed by atoms with Crippen LogP contribution in [0, 0.1) is 6.92 Å². The van der Waals surface area contributed by atoms with Crippen LogP contribution < -0.4 is 10.1 Å². The zero-order valence-corrected chi connectivity index (χ0v) is 8.33. The number of carbonyl (C=O) groups excluding carboxylic acids is 1. The molecule has 0 amide bonds. The van der Waals surface area contributed by atoms with Gasteiger partial charge in [-0.25, -0.2) is 0 Å². The van der Waals surface area contributed by atoms with Crippen molar-refractivity contribution < 1.29 is 9.53 Å². The van der Waals surface area contributed by atoms with Crippen molar-refractivity contribution in [2.75, 3.05) is 13.7 Å². The van der Waals surface area contributed by atoms with Crippen LogP contribution in [0.2, 0.25) is 0 Å². The van der Waals surface area contributed by atoms with E-state index in [1.807, 2.05) is 25.1 Å². The van der Waals surface area contributed by atoms with Crippen molar-refractivity contribution in [1.29, 1.82) is 0 Å². The van der Waals surface area contributed by atoms with E-state index in [0.29, 0.717) is 12.2 Å². The lowest BCUT2D eigenvalue weighted by Crippen LogP contribution is -2.42. The Kier molecular flexibility index (Phi) is 2.25. The summed E-state index contributed by atoms with van der Waals surface area (Å²) in [5, 5.41) is 2.94. The first-order chi connectivity index (χ1) is 6.74. The number of rotatable bonds is 1. The highest BCUT2D eigenvalue weighted by Gasteiger charge is 2.27. The number of ether oxygens (including phenoxy) is 1. The maximum Gasteiger partial charge on any atom is 0.186 e. The summed E-state index contributed by atoms with van der Waals surface area (Å²) in [6.45, 7) is 2.37. The monoisotopic (exact) mass is 191 g/mol. The first kappa shape index (κ1) is 9.21. The molecule has 3 nitrogen and oxygen atoms in total. The Bertz CT molecular complexity index is 374. The highest BCUT2D eigenvalue weighted by Crippen LogP contribution is 2.27. The standard InChI is InChI=1S/C11H13NO2/c1-7-4-3-5-8-10(13)9(12-2)6-14-11(7)8/h3-5,9,12H,6H2,1-2H3. The Balaban J connectivity index is 2.46. The summed E-state index contributed by atoms with van der Waals surface area (Å²) >= 11 is 0. The zero-order chi connectivity index (χ0) is 10.1. The van der Waals surface area contributed by atoms with Crippen molar-refractivity contribution in [2.24, 2.45) is 0 Å². The first-order valence-corrected chi connectivity index (χ1v) is 4.68. The highest BCUT2D eigenvalue weighted by molar-refractivity contribution is 6.03. The minimum atomic E-state index is -0.204. The van der Waals surface area contributed by atoms with E-state index in [2.05, 4.69) is 5.32 Å². The number of likely N-dealkylation sites (N-methyl/N-ethyl adjacent to an activating group) is 1. The molecule has 1 aromatic carbocycles. The average molecular weight is 191 g/mol. The maximum absolute atomic E-state index is 11.9. The van der Waals surface area contributed by atoms with Crippen LogP contribution in [0.3, 0.4) is 0 Å². The molecule has 0 spiro atoms. The van der Waals surface area contributed by atoms with Crippen LogP contribution in [0.15, 0.2) is 18.2 Å². The van der Waals surface area contributed by atoms with Gasteiger partial charge in [0.05, 0.1) is 5.56 Å². The fourth-order valence-electron chi connectivity index (χ4n) is 1.68. The molecule has 0 fully saturated rings. The van der Waals surface area contributed by atoms with Gasteiger partial charge in [0.2, 0.25) is 0 Å². The minimum absolute atomic E-state index is 0.123. The van der Waals surface area contributed by atoms with Crippen LogP contribution in [0.4, 0.5) is 0 Å². The molecule has 1 N–H and O–H groups in total. The topological polar surface area (TPSA) is 38.3 Å². The fraction of sp³-hybridized carbons (Fsp3) is 0.364. The Hall–Kier alpha value is -1.35. The Labute approximate surface area is 83.1 Å². The van der Waals surface area contributed by atoms with Crippen LogP contribution in [-0.4, -0.2) is 25.5 Å². The molecule has 2 rings (SSSR count). The Morgan fingerprint density at radius 3 is 3.00 bits per heavy atom. The molecule has 3 heteroatoms. The van der Waals surface area contributed by atoms with Gasteiger partial charge in [-0.3, -0.25) is 4.79 Å². The molecule has 1 aliphatic rings. The molecule has 14 heavy (non-hydrogen) atoms. The molecule has 1 atom stereocenters. The summed E-state index contributed by atoms with van der Waals surface area (Å²) in [5.41, 5.74) is 1.71. The molecule has 1 heterocycles. The first-order valence-electron chi connectivity index (χ1n) is 4.68. The average Bonchev–Trinajstić information content (AvgIpc) is 2.20. The van der Waals surface area contributed by atoms with Gasteiger partial charge in [-0.1, -0.05) is 12.1 Å². The molecular weight excluding hydrogens is 178 g/mol. The van der Waals surface area contributed by atoms with Crippen molar-refractivity contribution in [3.05, 3.63) is 29.3 Å². The van der Waals surface area contributed by atoms with Crippen molar-refractivity contribution in [3.8, 4) is 5.75 Å². The van der Waals surface area contributed by atoms with Crippen molar-refractivity contribution in [2.45, 2.75) is 13.0 Å². The highest BCUT2D eigenvalue weighted by atomic mass is 16.5. The predicted molar refractivity (Wildman–Crippen MR) is 53.9 cm³/mol. The Morgan fingerprint density at radius 1 is 1.50 bits per heavy atom. The molecule has 0 aliphatic carbocycles. The molecule has 1 aliphatic heterocycles. The number of para-hydroxylation sites is 1. The lowest BCUT2D eigenvalue weighted by molar-refractivity contribution is 0.0876. The molecule has 0 bridgehead atoms. The van der Waals surface area contributed by atoms with Crippen molar-refractivity contribution >= 4 is 5.78 Å². The van der Waals surface area contributed by atoms with Crippen LogP contribution in [0.25, 0.3) is 0 Å². The number of aryl methyl sites for hydroxylation is 1. The minimum Gasteiger partial charge on any atom is -0.490 e. The summed E-state index contributed by atoms with van der Waals surface area (Å²) in [4.78, 5) is 11.9. The molecule has 1 unspecified atom stereocenters. The van der Waals surface area contributed by atoms with Crippen LogP contribution in [0.1, 0.15) is 15.9 Å². The number of fused-ring (bicyclic) bond motifs is 1. The normalized spacial score (nSPS) is 20.1. The van der Waals surface area contributed by atoms with E-state index in [1.54, 1.807) is 7.05 Å². The van der Waals surface area contributed by atoms with E-state index in [0.717, 1.165) is 11.3 Å². The lowest BCUT2D eigenvalue weighted by atomic mass is 9.99. The van der Waals surface area contributed by atoms with Crippen molar-refractivity contribution in [3.63, 3.8) is 0 Å². The summed E-state index contributed by atoms with van der Waals surface area (Å²) < 4.78 is 5.54. The third kappa shape index (κ3) is 1.30. The molecule has 74 valence electrons. The van der Waals surface area contributed by atoms with Gasteiger partial charge in [0, 0.05) is 0 Å². The van der Waals surface area contributed by atoms with E-state index in [-0.39, 0.29) is 11.8 Å². The van der Waals surface area contributed by atoms with Gasteiger partial charge >= 0.3 is 0 Å². The van der Waals surface area contributed by atoms with E-state index >= 15 is 0 Å². The second-order valence-corrected chi connectivity index (χ2v) is 3.47. The van der Waals surface area contributed by atoms with Gasteiger partial charge in [0.25, 0.3) is 0 Å². The number of hydrogen-bond donors (Lipinski definition) is 1. The lowest BCUT2D eigenvalue weighted by Gasteiger charge is -2.24. The third-order valence-electron chi connectivity index (χ3n) is 2.54. The zero-order valence-electron chi connectivity index (χ0n) is 8.33. The number of nitrogens with one attached hydrogen (secondary N) is 1. The number of Topliss-reactive ketones (excluding diaryl/α,β-unsaturated/α-hetero) is 1. The Morgan fingerprint density at radius 2 is 2.29 bits per heavy atom. The van der Waals surface area contributed by atoms with E-state index in [4.69, 9.17) is 4.74 Å². The molecule has 0 aromatic heterocycles. The second-order valence-electron chi connectivity index (χ2n) is 3.47. The quantitative estimate of drug-likeness (QED) is 0.723. The van der Waals surface area contributed by atoms with Gasteiger partial charge in [-0.05, 0) is 25.6 Å².